The van der Waals surface area contributed by atoms with Crippen molar-refractivity contribution in [3.63, 3.8) is 0 Å². The molecular weight excluding hydrogens is 319 g/mol. The van der Waals surface area contributed by atoms with Gasteiger partial charge in [-0.05, 0) is 39.8 Å². The Morgan fingerprint density at radius 2 is 1.96 bits per heavy atom. The van der Waals surface area contributed by atoms with Crippen molar-refractivity contribution in [1.29, 1.82) is 5.26 Å². The van der Waals surface area contributed by atoms with E-state index in [4.69, 9.17) is 5.26 Å². The van der Waals surface area contributed by atoms with Crippen LogP contribution in [0, 0.1) is 17.1 Å². The van der Waals surface area contributed by atoms with Gasteiger partial charge in [-0.3, -0.25) is 9.98 Å². The highest BCUT2D eigenvalue weighted by atomic mass is 19.1. The molecule has 7 heteroatoms. The van der Waals surface area contributed by atoms with Crippen molar-refractivity contribution in [2.24, 2.45) is 4.99 Å². The maximum Gasteiger partial charge on any atom is 0.223 e. The Kier molecular flexibility index (Phi) is 5.55. The number of aromatic nitrogens is 3. The summed E-state index contributed by atoms with van der Waals surface area (Å²) in [5.41, 5.74) is 1.45. The Balaban J connectivity index is 2.18. The van der Waals surface area contributed by atoms with E-state index in [9.17, 15) is 4.39 Å². The molecule has 0 amide bonds. The molecule has 6 nitrogen and oxygen atoms in total. The largest absolute Gasteiger partial charge is 0.344 e. The van der Waals surface area contributed by atoms with E-state index in [1.54, 1.807) is 52.4 Å². The van der Waals surface area contributed by atoms with Crippen LogP contribution in [0.3, 0.4) is 0 Å². The fourth-order valence-corrected chi connectivity index (χ4v) is 2.06. The minimum Gasteiger partial charge on any atom is -0.344 e. The molecule has 0 aliphatic heterocycles. The molecule has 25 heavy (non-hydrogen) atoms. The summed E-state index contributed by atoms with van der Waals surface area (Å²) in [5.74, 6) is -0.0328. The van der Waals surface area contributed by atoms with Gasteiger partial charge in [-0.15, -0.1) is 0 Å². The van der Waals surface area contributed by atoms with E-state index in [2.05, 4.69) is 25.3 Å². The number of hydrogen-bond acceptors (Lipinski definition) is 6. The summed E-state index contributed by atoms with van der Waals surface area (Å²) in [4.78, 5) is 16.8. The average molecular weight is 338 g/mol. The summed E-state index contributed by atoms with van der Waals surface area (Å²) in [6.07, 6.45) is 6.28. The third kappa shape index (κ3) is 4.67. The number of nitrogens with one attached hydrogen (secondary N) is 1. The fourth-order valence-electron chi connectivity index (χ4n) is 2.06. The molecule has 0 saturated carbocycles. The number of halogens is 1. The second-order valence-electron chi connectivity index (χ2n) is 6.02. The van der Waals surface area contributed by atoms with Gasteiger partial charge in [-0.1, -0.05) is 0 Å². The van der Waals surface area contributed by atoms with Crippen molar-refractivity contribution in [2.75, 3.05) is 5.32 Å². The maximum absolute atomic E-state index is 13.9. The molecule has 2 rings (SSSR count). The number of rotatable bonds is 5. The molecule has 0 spiro atoms. The molecule has 0 saturated heterocycles. The van der Waals surface area contributed by atoms with Gasteiger partial charge in [0.1, 0.15) is 11.5 Å². The van der Waals surface area contributed by atoms with Gasteiger partial charge < -0.3 is 5.32 Å². The van der Waals surface area contributed by atoms with Gasteiger partial charge >= 0.3 is 0 Å². The molecule has 128 valence electrons. The first-order valence-electron chi connectivity index (χ1n) is 7.66. The van der Waals surface area contributed by atoms with Gasteiger partial charge in [0.25, 0.3) is 0 Å². The van der Waals surface area contributed by atoms with Gasteiger partial charge in [0, 0.05) is 41.6 Å². The van der Waals surface area contributed by atoms with Crippen LogP contribution in [0.4, 0.5) is 10.3 Å². The number of hydrogen-bond donors (Lipinski definition) is 1. The van der Waals surface area contributed by atoms with Crippen molar-refractivity contribution in [3.8, 4) is 6.07 Å². The fraction of sp³-hybridized carbons (Fsp3) is 0.278. The monoisotopic (exact) mass is 338 g/mol. The van der Waals surface area contributed by atoms with Crippen LogP contribution in [-0.2, 0) is 5.54 Å². The summed E-state index contributed by atoms with van der Waals surface area (Å²) in [6, 6.07) is 4.92. The van der Waals surface area contributed by atoms with E-state index in [1.165, 1.54) is 12.3 Å². The summed E-state index contributed by atoms with van der Waals surface area (Å²) < 4.78 is 13.9. The third-order valence-electron chi connectivity index (χ3n) is 3.47. The third-order valence-corrected chi connectivity index (χ3v) is 3.47. The Morgan fingerprint density at radius 3 is 2.56 bits per heavy atom. The van der Waals surface area contributed by atoms with Crippen LogP contribution in [0.5, 0.6) is 0 Å². The molecule has 0 aliphatic rings. The first kappa shape index (κ1) is 18.2. The minimum absolute atomic E-state index is 0.289. The van der Waals surface area contributed by atoms with E-state index in [0.29, 0.717) is 17.2 Å². The van der Waals surface area contributed by atoms with Gasteiger partial charge in [-0.25, -0.2) is 14.4 Å². The van der Waals surface area contributed by atoms with Crippen molar-refractivity contribution in [1.82, 2.24) is 15.0 Å². The zero-order valence-corrected chi connectivity index (χ0v) is 14.6. The lowest BCUT2D eigenvalue weighted by Crippen LogP contribution is -2.31. The van der Waals surface area contributed by atoms with Crippen molar-refractivity contribution in [2.45, 2.75) is 33.2 Å². The molecule has 2 aromatic rings. The number of anilines is 1. The van der Waals surface area contributed by atoms with Crippen molar-refractivity contribution in [3.05, 3.63) is 59.6 Å². The standard InChI is InChI=1S/C18H19FN6/c1-12(8-20)9-22-13(2)14-10-23-17(24-11-14)25-18(3,4)16-15(19)6-5-7-21-16/h5-7,9-11H,1-4H3,(H,23,24,25)/b12-9+,22-13+. The van der Waals surface area contributed by atoms with Gasteiger partial charge in [-0.2, -0.15) is 5.26 Å². The highest BCUT2D eigenvalue weighted by molar-refractivity contribution is 5.98. The number of aliphatic imine (C=N–C) groups is 1. The van der Waals surface area contributed by atoms with Crippen LogP contribution < -0.4 is 5.32 Å². The van der Waals surface area contributed by atoms with Crippen LogP contribution in [0.15, 0.2) is 47.5 Å². The van der Waals surface area contributed by atoms with E-state index in [1.807, 2.05) is 6.07 Å². The molecule has 0 radical (unpaired) electrons. The molecule has 2 heterocycles. The van der Waals surface area contributed by atoms with Crippen LogP contribution in [0.25, 0.3) is 0 Å². The zero-order chi connectivity index (χ0) is 18.4. The molecule has 0 unspecified atom stereocenters. The quantitative estimate of drug-likeness (QED) is 0.665. The molecule has 1 N–H and O–H groups in total. The summed E-state index contributed by atoms with van der Waals surface area (Å²) >= 11 is 0. The summed E-state index contributed by atoms with van der Waals surface area (Å²) in [6.45, 7) is 7.09. The second-order valence-corrected chi connectivity index (χ2v) is 6.02. The highest BCUT2D eigenvalue weighted by Crippen LogP contribution is 2.24. The molecule has 0 aromatic carbocycles. The molecule has 0 bridgehead atoms. The smallest absolute Gasteiger partial charge is 0.223 e. The predicted molar refractivity (Wildman–Crippen MR) is 94.5 cm³/mol. The Morgan fingerprint density at radius 1 is 1.28 bits per heavy atom. The number of pyridine rings is 1. The number of nitriles is 1. The lowest BCUT2D eigenvalue weighted by Gasteiger charge is -2.25. The van der Waals surface area contributed by atoms with Gasteiger partial charge in [0.05, 0.1) is 11.6 Å². The highest BCUT2D eigenvalue weighted by Gasteiger charge is 2.26. The van der Waals surface area contributed by atoms with Gasteiger partial charge in [0.15, 0.2) is 0 Å². The number of nitrogens with zero attached hydrogens (tertiary/aromatic N) is 5. The van der Waals surface area contributed by atoms with Crippen LogP contribution >= 0.6 is 0 Å². The summed E-state index contributed by atoms with van der Waals surface area (Å²) in [7, 11) is 0. The Labute approximate surface area is 146 Å². The van der Waals surface area contributed by atoms with Crippen LogP contribution in [0.1, 0.15) is 39.0 Å². The van der Waals surface area contributed by atoms with Crippen LogP contribution in [-0.4, -0.2) is 20.7 Å². The molecule has 0 aliphatic carbocycles. The van der Waals surface area contributed by atoms with Gasteiger partial charge in [0.2, 0.25) is 5.95 Å². The molecule has 2 aromatic heterocycles. The number of allylic oxidation sites excluding steroid dienone is 1. The second kappa shape index (κ2) is 7.62. The normalized spacial score (nSPS) is 12.6. The zero-order valence-electron chi connectivity index (χ0n) is 14.6. The maximum atomic E-state index is 13.9. The predicted octanol–water partition coefficient (Wildman–Crippen LogP) is 3.59. The summed E-state index contributed by atoms with van der Waals surface area (Å²) in [5, 5.41) is 11.8. The SMILES string of the molecule is C/C(C#N)=C\N=C(/C)c1cnc(NC(C)(C)c2ncccc2F)nc1. The van der Waals surface area contributed by atoms with Crippen LogP contribution in [0.2, 0.25) is 0 Å². The van der Waals surface area contributed by atoms with Crippen molar-refractivity contribution < 1.29 is 4.39 Å². The first-order valence-corrected chi connectivity index (χ1v) is 7.66. The van der Waals surface area contributed by atoms with Crippen molar-refractivity contribution >= 4 is 11.7 Å². The average Bonchev–Trinajstić information content (AvgIpc) is 2.59. The van der Waals surface area contributed by atoms with E-state index in [0.717, 1.165) is 5.56 Å². The Bertz CT molecular complexity index is 847. The Hall–Kier alpha value is -3.14. The van der Waals surface area contributed by atoms with E-state index in [-0.39, 0.29) is 11.5 Å². The minimum atomic E-state index is -0.775. The topological polar surface area (TPSA) is 86.9 Å². The van der Waals surface area contributed by atoms with E-state index >= 15 is 0 Å². The molecular formula is C18H19FN6. The van der Waals surface area contributed by atoms with E-state index < -0.39 is 5.54 Å². The molecule has 0 fully saturated rings. The first-order chi connectivity index (χ1) is 11.8. The molecule has 0 atom stereocenters. The lowest BCUT2D eigenvalue weighted by atomic mass is 9.99. The lowest BCUT2D eigenvalue weighted by molar-refractivity contribution is 0.510.